The van der Waals surface area contributed by atoms with Crippen LogP contribution >= 0.6 is 11.6 Å². The van der Waals surface area contributed by atoms with Crippen molar-refractivity contribution in [3.8, 4) is 6.07 Å². The summed E-state index contributed by atoms with van der Waals surface area (Å²) >= 11 is 5.70. The zero-order valence-corrected chi connectivity index (χ0v) is 8.86. The molecule has 0 aliphatic carbocycles. The van der Waals surface area contributed by atoms with Gasteiger partial charge in [0.1, 0.15) is 0 Å². The van der Waals surface area contributed by atoms with E-state index in [1.54, 1.807) is 30.3 Å². The fraction of sp³-hybridized carbons (Fsp3) is 0. The van der Waals surface area contributed by atoms with Crippen LogP contribution in [0.15, 0.2) is 30.3 Å². The number of aldehydes is 1. The molecule has 1 rings (SSSR count). The largest absolute Gasteiger partial charge is 0.318 e. The van der Waals surface area contributed by atoms with Gasteiger partial charge in [-0.1, -0.05) is 23.7 Å². The van der Waals surface area contributed by atoms with Crippen molar-refractivity contribution in [1.29, 1.82) is 5.26 Å². The molecule has 0 saturated heterocycles. The molecular weight excluding hydrogens is 228 g/mol. The first-order chi connectivity index (χ1) is 7.67. The molecule has 0 bridgehead atoms. The van der Waals surface area contributed by atoms with Crippen molar-refractivity contribution in [3.63, 3.8) is 0 Å². The van der Waals surface area contributed by atoms with Gasteiger partial charge >= 0.3 is 0 Å². The average Bonchev–Trinajstić information content (AvgIpc) is 2.29. The lowest BCUT2D eigenvalue weighted by molar-refractivity contribution is -0.130. The molecule has 0 aliphatic heterocycles. The molecule has 0 unspecified atom stereocenters. The van der Waals surface area contributed by atoms with Crippen LogP contribution in [-0.2, 0) is 9.59 Å². The van der Waals surface area contributed by atoms with E-state index in [9.17, 15) is 9.59 Å². The quantitative estimate of drug-likeness (QED) is 0.490. The summed E-state index contributed by atoms with van der Waals surface area (Å²) in [5.41, 5.74) is 0.859. The summed E-state index contributed by atoms with van der Waals surface area (Å²) in [6, 6.07) is 8.30. The van der Waals surface area contributed by atoms with Crippen molar-refractivity contribution in [2.24, 2.45) is 0 Å². The maximum absolute atomic E-state index is 10.9. The zero-order chi connectivity index (χ0) is 12.0. The third-order valence-corrected chi connectivity index (χ3v) is 1.98. The molecule has 0 spiro atoms. The molecule has 0 saturated carbocycles. The molecule has 0 radical (unpaired) electrons. The standard InChI is InChI=1S/C11H7ClN2O2/c12-9-3-1-8(2-4-9)10(5-6-13)14-11(16)7-15/h1-5,7H,(H,14,16). The second-order valence-corrected chi connectivity index (χ2v) is 3.24. The lowest BCUT2D eigenvalue weighted by Crippen LogP contribution is -2.22. The summed E-state index contributed by atoms with van der Waals surface area (Å²) in [7, 11) is 0. The van der Waals surface area contributed by atoms with E-state index in [1.807, 2.05) is 0 Å². The van der Waals surface area contributed by atoms with Gasteiger partial charge < -0.3 is 5.32 Å². The maximum Gasteiger partial charge on any atom is 0.288 e. The van der Waals surface area contributed by atoms with Gasteiger partial charge in [0.05, 0.1) is 11.8 Å². The van der Waals surface area contributed by atoms with Crippen molar-refractivity contribution >= 4 is 29.5 Å². The Morgan fingerprint density at radius 1 is 1.38 bits per heavy atom. The highest BCUT2D eigenvalue weighted by Crippen LogP contribution is 2.15. The minimum Gasteiger partial charge on any atom is -0.318 e. The van der Waals surface area contributed by atoms with Crippen LogP contribution in [0, 0.1) is 11.3 Å². The fourth-order valence-corrected chi connectivity index (χ4v) is 1.17. The Bertz CT molecular complexity index is 472. The number of hydrogen-bond donors (Lipinski definition) is 1. The van der Waals surface area contributed by atoms with Crippen LogP contribution in [0.2, 0.25) is 5.02 Å². The third kappa shape index (κ3) is 3.23. The number of nitrogens with one attached hydrogen (secondary N) is 1. The van der Waals surface area contributed by atoms with E-state index in [-0.39, 0.29) is 12.0 Å². The Labute approximate surface area is 97.1 Å². The number of nitrogens with zero attached hydrogens (tertiary/aromatic N) is 1. The van der Waals surface area contributed by atoms with E-state index < -0.39 is 5.91 Å². The summed E-state index contributed by atoms with van der Waals surface area (Å²) < 4.78 is 0. The molecule has 1 aromatic rings. The van der Waals surface area contributed by atoms with Crippen molar-refractivity contribution in [2.45, 2.75) is 0 Å². The van der Waals surface area contributed by atoms with Crippen LogP contribution < -0.4 is 5.32 Å². The van der Waals surface area contributed by atoms with Gasteiger partial charge in [-0.3, -0.25) is 9.59 Å². The Kier molecular flexibility index (Phi) is 4.25. The zero-order valence-electron chi connectivity index (χ0n) is 8.11. The van der Waals surface area contributed by atoms with Gasteiger partial charge in [0, 0.05) is 11.1 Å². The van der Waals surface area contributed by atoms with Gasteiger partial charge in [0.25, 0.3) is 5.91 Å². The summed E-state index contributed by atoms with van der Waals surface area (Å²) in [5, 5.41) is 11.4. The predicted molar refractivity (Wildman–Crippen MR) is 59.2 cm³/mol. The number of amides is 1. The summed E-state index contributed by atoms with van der Waals surface area (Å²) in [6.07, 6.45) is 1.28. The number of carbonyl (C=O) groups excluding carboxylic acids is 2. The normalized spacial score (nSPS) is 10.4. The lowest BCUT2D eigenvalue weighted by atomic mass is 10.1. The van der Waals surface area contributed by atoms with E-state index in [1.165, 1.54) is 0 Å². The number of hydrogen-bond acceptors (Lipinski definition) is 3. The van der Waals surface area contributed by atoms with Crippen molar-refractivity contribution in [3.05, 3.63) is 40.9 Å². The Morgan fingerprint density at radius 2 is 2.00 bits per heavy atom. The second kappa shape index (κ2) is 5.69. The van der Waals surface area contributed by atoms with E-state index in [4.69, 9.17) is 16.9 Å². The van der Waals surface area contributed by atoms with Gasteiger partial charge in [-0.15, -0.1) is 0 Å². The van der Waals surface area contributed by atoms with Crippen LogP contribution in [0.25, 0.3) is 5.70 Å². The van der Waals surface area contributed by atoms with Crippen LogP contribution in [0.4, 0.5) is 0 Å². The molecule has 0 aromatic heterocycles. The first-order valence-corrected chi connectivity index (χ1v) is 4.67. The molecule has 1 aromatic carbocycles. The number of nitriles is 1. The Balaban J connectivity index is 3.00. The first kappa shape index (κ1) is 12.0. The minimum atomic E-state index is -0.809. The van der Waals surface area contributed by atoms with Crippen molar-refractivity contribution < 1.29 is 9.59 Å². The Hall–Kier alpha value is -2.12. The summed E-state index contributed by atoms with van der Waals surface area (Å²) in [4.78, 5) is 21.1. The van der Waals surface area contributed by atoms with E-state index >= 15 is 0 Å². The molecule has 1 amide bonds. The minimum absolute atomic E-state index is 0.140. The summed E-state index contributed by atoms with van der Waals surface area (Å²) in [5.74, 6) is -0.809. The number of allylic oxidation sites excluding steroid dienone is 1. The highest BCUT2D eigenvalue weighted by molar-refractivity contribution is 6.30. The molecule has 16 heavy (non-hydrogen) atoms. The highest BCUT2D eigenvalue weighted by atomic mass is 35.5. The van der Waals surface area contributed by atoms with Gasteiger partial charge in [0.15, 0.2) is 0 Å². The van der Waals surface area contributed by atoms with Crippen LogP contribution in [-0.4, -0.2) is 12.2 Å². The highest BCUT2D eigenvalue weighted by Gasteiger charge is 2.05. The van der Waals surface area contributed by atoms with Crippen molar-refractivity contribution in [1.82, 2.24) is 5.32 Å². The number of carbonyl (C=O) groups is 2. The lowest BCUT2D eigenvalue weighted by Gasteiger charge is -2.05. The number of halogens is 1. The van der Waals surface area contributed by atoms with Gasteiger partial charge in [-0.2, -0.15) is 5.26 Å². The smallest absolute Gasteiger partial charge is 0.288 e. The molecule has 0 fully saturated rings. The van der Waals surface area contributed by atoms with E-state index in [2.05, 4.69) is 5.32 Å². The topological polar surface area (TPSA) is 70.0 Å². The Morgan fingerprint density at radius 3 is 2.50 bits per heavy atom. The second-order valence-electron chi connectivity index (χ2n) is 2.80. The number of benzene rings is 1. The van der Waals surface area contributed by atoms with E-state index in [0.717, 1.165) is 6.08 Å². The SMILES string of the molecule is N#CC=C(NC(=O)C=O)c1ccc(Cl)cc1. The molecular formula is C11H7ClN2O2. The van der Waals surface area contributed by atoms with Crippen LogP contribution in [0.3, 0.4) is 0 Å². The fourth-order valence-electron chi connectivity index (χ4n) is 1.05. The van der Waals surface area contributed by atoms with Gasteiger partial charge in [-0.25, -0.2) is 0 Å². The predicted octanol–water partition coefficient (Wildman–Crippen LogP) is 1.52. The molecule has 1 N–H and O–H groups in total. The first-order valence-electron chi connectivity index (χ1n) is 4.29. The van der Waals surface area contributed by atoms with Crippen LogP contribution in [0.5, 0.6) is 0 Å². The van der Waals surface area contributed by atoms with E-state index in [0.29, 0.717) is 10.6 Å². The molecule has 5 heteroatoms. The third-order valence-electron chi connectivity index (χ3n) is 1.73. The number of rotatable bonds is 3. The van der Waals surface area contributed by atoms with Gasteiger partial charge in [-0.05, 0) is 17.7 Å². The van der Waals surface area contributed by atoms with Gasteiger partial charge in [0.2, 0.25) is 6.29 Å². The maximum atomic E-state index is 10.9. The molecule has 80 valence electrons. The molecule has 0 atom stereocenters. The summed E-state index contributed by atoms with van der Waals surface area (Å²) in [6.45, 7) is 0. The molecule has 4 nitrogen and oxygen atoms in total. The van der Waals surface area contributed by atoms with Crippen LogP contribution in [0.1, 0.15) is 5.56 Å². The average molecular weight is 235 g/mol. The monoisotopic (exact) mass is 234 g/mol. The molecule has 0 heterocycles. The van der Waals surface area contributed by atoms with Crippen molar-refractivity contribution in [2.75, 3.05) is 0 Å². The molecule has 0 aliphatic rings.